The van der Waals surface area contributed by atoms with Crippen molar-refractivity contribution in [3.8, 4) is 0 Å². The van der Waals surface area contributed by atoms with Gasteiger partial charge >= 0.3 is 5.97 Å². The van der Waals surface area contributed by atoms with Crippen LogP contribution in [0.5, 0.6) is 0 Å². The van der Waals surface area contributed by atoms with Crippen LogP contribution in [0.2, 0.25) is 0 Å². The first-order valence-electron chi connectivity index (χ1n) is 5.92. The van der Waals surface area contributed by atoms with E-state index in [1.807, 2.05) is 20.8 Å². The second-order valence-electron chi connectivity index (χ2n) is 5.68. The van der Waals surface area contributed by atoms with Gasteiger partial charge in [0, 0.05) is 6.04 Å². The summed E-state index contributed by atoms with van der Waals surface area (Å²) in [6.45, 7) is 6.58. The molecule has 1 N–H and O–H groups in total. The summed E-state index contributed by atoms with van der Waals surface area (Å²) in [5, 5.41) is 3.23. The van der Waals surface area contributed by atoms with Crippen molar-refractivity contribution in [2.75, 3.05) is 20.6 Å². The van der Waals surface area contributed by atoms with E-state index < -0.39 is 5.60 Å². The second kappa shape index (κ2) is 5.15. The van der Waals surface area contributed by atoms with Gasteiger partial charge in [0.1, 0.15) is 11.6 Å². The molecule has 1 aliphatic rings. The average molecular weight is 228 g/mol. The maximum absolute atomic E-state index is 11.9. The van der Waals surface area contributed by atoms with Crippen LogP contribution in [0.25, 0.3) is 0 Å². The average Bonchev–Trinajstić information content (AvgIpc) is 2.15. The van der Waals surface area contributed by atoms with E-state index in [0.29, 0.717) is 6.04 Å². The number of hydrogen-bond donors (Lipinski definition) is 1. The predicted octanol–water partition coefficient (Wildman–Crippen LogP) is 1.01. The fourth-order valence-corrected chi connectivity index (χ4v) is 1.92. The van der Waals surface area contributed by atoms with Crippen LogP contribution in [0.4, 0.5) is 0 Å². The SMILES string of the molecule is CN(C)[C@@H]1CCN[C@H](C(=O)OC(C)(C)C)C1. The van der Waals surface area contributed by atoms with E-state index in [1.165, 1.54) is 0 Å². The molecule has 0 amide bonds. The maximum Gasteiger partial charge on any atom is 0.323 e. The van der Waals surface area contributed by atoms with Crippen molar-refractivity contribution in [1.82, 2.24) is 10.2 Å². The highest BCUT2D eigenvalue weighted by Gasteiger charge is 2.31. The van der Waals surface area contributed by atoms with Gasteiger partial charge in [0.15, 0.2) is 0 Å². The lowest BCUT2D eigenvalue weighted by molar-refractivity contribution is -0.158. The number of hydrogen-bond acceptors (Lipinski definition) is 4. The molecule has 94 valence electrons. The zero-order valence-electron chi connectivity index (χ0n) is 11.0. The maximum atomic E-state index is 11.9. The zero-order valence-corrected chi connectivity index (χ0v) is 11.0. The molecule has 0 radical (unpaired) electrons. The van der Waals surface area contributed by atoms with E-state index >= 15 is 0 Å². The predicted molar refractivity (Wildman–Crippen MR) is 64.3 cm³/mol. The van der Waals surface area contributed by atoms with Crippen molar-refractivity contribution in [1.29, 1.82) is 0 Å². The Morgan fingerprint density at radius 1 is 1.38 bits per heavy atom. The van der Waals surface area contributed by atoms with Crippen LogP contribution < -0.4 is 5.32 Å². The molecule has 16 heavy (non-hydrogen) atoms. The summed E-state index contributed by atoms with van der Waals surface area (Å²) in [4.78, 5) is 14.1. The standard InChI is InChI=1S/C12H24N2O2/c1-12(2,3)16-11(15)10-8-9(14(4)5)6-7-13-10/h9-10,13H,6-8H2,1-5H3/t9-,10+/m1/s1. The van der Waals surface area contributed by atoms with Gasteiger partial charge in [-0.15, -0.1) is 0 Å². The van der Waals surface area contributed by atoms with Crippen LogP contribution in [-0.2, 0) is 9.53 Å². The molecule has 0 aliphatic carbocycles. The monoisotopic (exact) mass is 228 g/mol. The van der Waals surface area contributed by atoms with Crippen molar-refractivity contribution < 1.29 is 9.53 Å². The molecule has 1 heterocycles. The molecule has 1 aliphatic heterocycles. The highest BCUT2D eigenvalue weighted by molar-refractivity contribution is 5.76. The highest BCUT2D eigenvalue weighted by atomic mass is 16.6. The van der Waals surface area contributed by atoms with E-state index in [0.717, 1.165) is 19.4 Å². The Labute approximate surface area is 98.3 Å². The Kier molecular flexibility index (Phi) is 4.33. The van der Waals surface area contributed by atoms with Gasteiger partial charge in [-0.2, -0.15) is 0 Å². The molecule has 0 aromatic rings. The van der Waals surface area contributed by atoms with Gasteiger partial charge in [-0.25, -0.2) is 0 Å². The number of esters is 1. The molecule has 4 nitrogen and oxygen atoms in total. The van der Waals surface area contributed by atoms with Crippen molar-refractivity contribution in [3.63, 3.8) is 0 Å². The third-order valence-electron chi connectivity index (χ3n) is 2.80. The van der Waals surface area contributed by atoms with Crippen LogP contribution in [0.3, 0.4) is 0 Å². The number of rotatable bonds is 2. The van der Waals surface area contributed by atoms with Gasteiger partial charge in [-0.3, -0.25) is 4.79 Å². The van der Waals surface area contributed by atoms with Crippen molar-refractivity contribution in [3.05, 3.63) is 0 Å². The lowest BCUT2D eigenvalue weighted by atomic mass is 9.98. The number of nitrogens with one attached hydrogen (secondary N) is 1. The van der Waals surface area contributed by atoms with Crippen molar-refractivity contribution in [2.24, 2.45) is 0 Å². The Morgan fingerprint density at radius 2 is 2.00 bits per heavy atom. The lowest BCUT2D eigenvalue weighted by Crippen LogP contribution is -2.50. The molecule has 1 saturated heterocycles. The molecule has 0 unspecified atom stereocenters. The molecule has 4 heteroatoms. The van der Waals surface area contributed by atoms with Crippen molar-refractivity contribution in [2.45, 2.75) is 51.3 Å². The van der Waals surface area contributed by atoms with Crippen molar-refractivity contribution >= 4 is 5.97 Å². The number of carbonyl (C=O) groups excluding carboxylic acids is 1. The fourth-order valence-electron chi connectivity index (χ4n) is 1.92. The first-order valence-corrected chi connectivity index (χ1v) is 5.92. The van der Waals surface area contributed by atoms with E-state index in [9.17, 15) is 4.79 Å². The largest absolute Gasteiger partial charge is 0.459 e. The third-order valence-corrected chi connectivity index (χ3v) is 2.80. The minimum Gasteiger partial charge on any atom is -0.459 e. The molecule has 1 rings (SSSR count). The normalized spacial score (nSPS) is 26.9. The smallest absolute Gasteiger partial charge is 0.323 e. The summed E-state index contributed by atoms with van der Waals surface area (Å²) < 4.78 is 5.39. The summed E-state index contributed by atoms with van der Waals surface area (Å²) >= 11 is 0. The Bertz CT molecular complexity index is 246. The van der Waals surface area contributed by atoms with Crippen LogP contribution in [0.1, 0.15) is 33.6 Å². The van der Waals surface area contributed by atoms with E-state index in [4.69, 9.17) is 4.74 Å². The first kappa shape index (κ1) is 13.5. The third kappa shape index (κ3) is 4.10. The molecule has 0 saturated carbocycles. The number of nitrogens with zero attached hydrogens (tertiary/aromatic N) is 1. The molecular weight excluding hydrogens is 204 g/mol. The van der Waals surface area contributed by atoms with Crippen LogP contribution >= 0.6 is 0 Å². The quantitative estimate of drug-likeness (QED) is 0.716. The topological polar surface area (TPSA) is 41.6 Å². The van der Waals surface area contributed by atoms with Crippen LogP contribution in [0, 0.1) is 0 Å². The molecular formula is C12H24N2O2. The molecule has 0 aromatic heterocycles. The minimum atomic E-state index is -0.399. The van der Waals surface area contributed by atoms with Gasteiger partial charge in [0.05, 0.1) is 0 Å². The Hall–Kier alpha value is -0.610. The number of ether oxygens (including phenoxy) is 1. The summed E-state index contributed by atoms with van der Waals surface area (Å²) in [6.07, 6.45) is 1.92. The van der Waals surface area contributed by atoms with Crippen LogP contribution in [0.15, 0.2) is 0 Å². The van der Waals surface area contributed by atoms with Gasteiger partial charge < -0.3 is 15.0 Å². The Balaban J connectivity index is 2.50. The number of piperidine rings is 1. The van der Waals surface area contributed by atoms with Gasteiger partial charge in [-0.05, 0) is 54.3 Å². The first-order chi connectivity index (χ1) is 7.29. The molecule has 0 spiro atoms. The van der Waals surface area contributed by atoms with E-state index in [1.54, 1.807) is 0 Å². The second-order valence-corrected chi connectivity index (χ2v) is 5.68. The molecule has 0 aromatic carbocycles. The molecule has 0 bridgehead atoms. The van der Waals surface area contributed by atoms with E-state index in [2.05, 4.69) is 24.3 Å². The van der Waals surface area contributed by atoms with Gasteiger partial charge in [0.2, 0.25) is 0 Å². The highest BCUT2D eigenvalue weighted by Crippen LogP contribution is 2.16. The fraction of sp³-hybridized carbons (Fsp3) is 0.917. The lowest BCUT2D eigenvalue weighted by Gasteiger charge is -2.34. The van der Waals surface area contributed by atoms with E-state index in [-0.39, 0.29) is 12.0 Å². The van der Waals surface area contributed by atoms with Gasteiger partial charge in [-0.1, -0.05) is 0 Å². The molecule has 2 atom stereocenters. The van der Waals surface area contributed by atoms with Gasteiger partial charge in [0.25, 0.3) is 0 Å². The Morgan fingerprint density at radius 3 is 2.50 bits per heavy atom. The summed E-state index contributed by atoms with van der Waals surface area (Å²) in [7, 11) is 4.12. The minimum absolute atomic E-state index is 0.126. The summed E-state index contributed by atoms with van der Waals surface area (Å²) in [5.41, 5.74) is -0.399. The summed E-state index contributed by atoms with van der Waals surface area (Å²) in [6, 6.07) is 0.319. The molecule has 1 fully saturated rings. The summed E-state index contributed by atoms with van der Waals surface area (Å²) in [5.74, 6) is -0.126. The zero-order chi connectivity index (χ0) is 12.3. The number of carbonyl (C=O) groups is 1. The van der Waals surface area contributed by atoms with Crippen LogP contribution in [-0.4, -0.2) is 49.2 Å².